The molecule has 0 aliphatic rings. The van der Waals surface area contributed by atoms with Crippen molar-refractivity contribution in [2.75, 3.05) is 0 Å². The first-order valence-corrected chi connectivity index (χ1v) is 22.6. The summed E-state index contributed by atoms with van der Waals surface area (Å²) < 4.78 is 4.69. The van der Waals surface area contributed by atoms with Crippen LogP contribution in [-0.4, -0.2) is 19.1 Å². The van der Waals surface area contributed by atoms with E-state index in [0.29, 0.717) is 56.3 Å². The highest BCUT2D eigenvalue weighted by Gasteiger charge is 2.20. The first-order chi connectivity index (χ1) is 34.5. The van der Waals surface area contributed by atoms with Crippen molar-refractivity contribution in [1.29, 1.82) is 5.26 Å². The molecule has 12 rings (SSSR count). The van der Waals surface area contributed by atoms with Gasteiger partial charge in [0.25, 0.3) is 0 Å². The molecule has 12 aromatic rings. The van der Waals surface area contributed by atoms with Crippen LogP contribution in [0, 0.1) is 31.0 Å². The van der Waals surface area contributed by atoms with Crippen molar-refractivity contribution in [2.45, 2.75) is 0 Å². The highest BCUT2D eigenvalue weighted by molar-refractivity contribution is 6.12. The molecule has 0 spiro atoms. The average Bonchev–Trinajstić information content (AvgIpc) is 3.95. The first kappa shape index (κ1) is 41.1. The molecule has 0 saturated heterocycles. The zero-order valence-electron chi connectivity index (χ0n) is 37.2. The van der Waals surface area contributed by atoms with Gasteiger partial charge in [0.2, 0.25) is 0 Å². The van der Waals surface area contributed by atoms with Gasteiger partial charge in [-0.2, -0.15) is 5.26 Å². The Kier molecular flexibility index (Phi) is 9.86. The third-order valence-electron chi connectivity index (χ3n) is 13.1. The monoisotopic (exact) mass is 890 g/mol. The maximum absolute atomic E-state index is 10.6. The van der Waals surface area contributed by atoms with Gasteiger partial charge < -0.3 is 9.13 Å². The molecule has 3 heterocycles. The smallest absolute Gasteiger partial charge is 0.198 e. The fourth-order valence-electron chi connectivity index (χ4n) is 9.83. The lowest BCUT2D eigenvalue weighted by Gasteiger charge is -2.14. The van der Waals surface area contributed by atoms with Crippen LogP contribution in [0.15, 0.2) is 206 Å². The number of benzene rings is 9. The molecule has 0 saturated carbocycles. The van der Waals surface area contributed by atoms with E-state index in [0.717, 1.165) is 39.1 Å². The third kappa shape index (κ3) is 6.73. The number of hydrogen-bond donors (Lipinski definition) is 0. The third-order valence-corrected chi connectivity index (χ3v) is 13.1. The molecule has 8 nitrogen and oxygen atoms in total. The van der Waals surface area contributed by atoms with Gasteiger partial charge in [-0.15, -0.1) is 0 Å². The summed E-state index contributed by atoms with van der Waals surface area (Å²) in [5.41, 5.74) is 14.1. The van der Waals surface area contributed by atoms with E-state index < -0.39 is 0 Å². The van der Waals surface area contributed by atoms with Crippen LogP contribution in [0.5, 0.6) is 0 Å². The molecule has 0 radical (unpaired) electrons. The minimum Gasteiger partial charge on any atom is -0.309 e. The number of hydrogen-bond acceptors (Lipinski definition) is 3. The molecule has 9 aromatic carbocycles. The van der Waals surface area contributed by atoms with Gasteiger partial charge >= 0.3 is 0 Å². The average molecular weight is 891 g/mol. The van der Waals surface area contributed by atoms with Gasteiger partial charge in [0, 0.05) is 49.6 Å². The summed E-state index contributed by atoms with van der Waals surface area (Å²) in [6.45, 7) is 23.9. The van der Waals surface area contributed by atoms with E-state index in [1.165, 1.54) is 32.6 Å². The Morgan fingerprint density at radius 3 is 1.43 bits per heavy atom. The second-order valence-electron chi connectivity index (χ2n) is 16.9. The van der Waals surface area contributed by atoms with Gasteiger partial charge in [0.1, 0.15) is 5.82 Å². The lowest BCUT2D eigenvalue weighted by molar-refractivity contribution is 1.17. The van der Waals surface area contributed by atoms with E-state index >= 15 is 0 Å². The molecular weight excluding hydrogens is 857 g/mol. The number of rotatable bonds is 7. The standard InChI is InChI=1S/C62H34N8/c1-64-53-19-9-4-17-48(53)56-37-57(68-62(67-56)49-18-5-10-20-54(49)65-2)51-36-55(66-3)50(34-42(51)38-63)41-26-24-39(25-27-41)40-28-30-43(31-29-40)69-60-23-13-8-16-47(60)52-35-44(32-33-61(52)69)70-58-21-11-6-14-45(58)46-15-7-12-22-59(46)70/h4-37H. The molecule has 322 valence electrons. The van der Waals surface area contributed by atoms with E-state index in [1.807, 2.05) is 42.5 Å². The van der Waals surface area contributed by atoms with Gasteiger partial charge in [-0.1, -0.05) is 140 Å². The normalized spacial score (nSPS) is 11.1. The summed E-state index contributed by atoms with van der Waals surface area (Å²) in [7, 11) is 0. The molecule has 0 fully saturated rings. The van der Waals surface area contributed by atoms with Gasteiger partial charge in [0.15, 0.2) is 17.1 Å². The summed E-state index contributed by atoms with van der Waals surface area (Å²) >= 11 is 0. The van der Waals surface area contributed by atoms with Crippen LogP contribution in [0.3, 0.4) is 0 Å². The highest BCUT2D eigenvalue weighted by atomic mass is 15.0. The predicted octanol–water partition coefficient (Wildman–Crippen LogP) is 16.5. The predicted molar refractivity (Wildman–Crippen MR) is 281 cm³/mol. The van der Waals surface area contributed by atoms with Crippen molar-refractivity contribution in [3.63, 3.8) is 0 Å². The summed E-state index contributed by atoms with van der Waals surface area (Å²) in [4.78, 5) is 21.1. The minimum atomic E-state index is 0.278. The maximum atomic E-state index is 10.6. The number of fused-ring (bicyclic) bond motifs is 6. The fourth-order valence-corrected chi connectivity index (χ4v) is 9.83. The van der Waals surface area contributed by atoms with Crippen molar-refractivity contribution >= 4 is 60.7 Å². The number of nitriles is 1. The Balaban J connectivity index is 0.886. The van der Waals surface area contributed by atoms with E-state index in [9.17, 15) is 5.26 Å². The second-order valence-corrected chi connectivity index (χ2v) is 16.9. The summed E-state index contributed by atoms with van der Waals surface area (Å²) in [5, 5.41) is 15.4. The Morgan fingerprint density at radius 2 is 0.829 bits per heavy atom. The van der Waals surface area contributed by atoms with Gasteiger partial charge in [-0.3, -0.25) is 0 Å². The lowest BCUT2D eigenvalue weighted by Crippen LogP contribution is -1.98. The lowest BCUT2D eigenvalue weighted by atomic mass is 9.94. The molecule has 70 heavy (non-hydrogen) atoms. The van der Waals surface area contributed by atoms with E-state index in [4.69, 9.17) is 29.7 Å². The number of para-hydroxylation sites is 5. The summed E-state index contributed by atoms with van der Waals surface area (Å²) in [6, 6.07) is 71.0. The first-order valence-electron chi connectivity index (χ1n) is 22.6. The van der Waals surface area contributed by atoms with Crippen molar-refractivity contribution in [3.05, 3.63) is 246 Å². The topological polar surface area (TPSA) is 72.5 Å². The second kappa shape index (κ2) is 16.8. The Labute approximate surface area is 402 Å². The van der Waals surface area contributed by atoms with Gasteiger partial charge in [-0.05, 0) is 89.0 Å². The molecule has 0 aliphatic heterocycles. The Bertz CT molecular complexity index is 4150. The van der Waals surface area contributed by atoms with Crippen LogP contribution in [0.25, 0.3) is 126 Å². The summed E-state index contributed by atoms with van der Waals surface area (Å²) in [6.07, 6.45) is 0. The fraction of sp³-hybridized carbons (Fsp3) is 0. The quantitative estimate of drug-likeness (QED) is 0.150. The molecule has 3 aromatic heterocycles. The maximum Gasteiger partial charge on any atom is 0.198 e. The SMILES string of the molecule is [C-]#[N+]c1cc(-c2cc(-c3ccccc3[N+]#[C-])nc(-c3ccccc3[N+]#[C-])n2)c(C#N)cc1-c1ccc(-c2ccc(-n3c4ccccc4c4cc(-n5c6ccccc6c6ccccc65)ccc43)cc2)cc1. The van der Waals surface area contributed by atoms with Crippen LogP contribution in [0.1, 0.15) is 5.56 Å². The van der Waals surface area contributed by atoms with Crippen molar-refractivity contribution in [3.8, 4) is 73.6 Å². The highest BCUT2D eigenvalue weighted by Crippen LogP contribution is 2.42. The van der Waals surface area contributed by atoms with Crippen LogP contribution >= 0.6 is 0 Å². The molecule has 0 amide bonds. The molecule has 0 bridgehead atoms. The zero-order valence-corrected chi connectivity index (χ0v) is 37.2. The number of nitrogens with zero attached hydrogens (tertiary/aromatic N) is 8. The molecule has 0 N–H and O–H groups in total. The van der Waals surface area contributed by atoms with E-state index in [-0.39, 0.29) is 5.82 Å². The van der Waals surface area contributed by atoms with Crippen molar-refractivity contribution < 1.29 is 0 Å². The van der Waals surface area contributed by atoms with Crippen molar-refractivity contribution in [2.24, 2.45) is 0 Å². The van der Waals surface area contributed by atoms with Crippen LogP contribution in [-0.2, 0) is 0 Å². The van der Waals surface area contributed by atoms with Gasteiger partial charge in [0.05, 0.1) is 64.8 Å². The van der Waals surface area contributed by atoms with Gasteiger partial charge in [-0.25, -0.2) is 24.5 Å². The van der Waals surface area contributed by atoms with E-state index in [2.05, 4.69) is 145 Å². The minimum absolute atomic E-state index is 0.278. The Hall–Kier alpha value is -10.4. The molecule has 8 heteroatoms. The Morgan fingerprint density at radius 1 is 0.371 bits per heavy atom. The summed E-state index contributed by atoms with van der Waals surface area (Å²) in [5.74, 6) is 0.278. The molecule has 0 atom stereocenters. The molecule has 0 unspecified atom stereocenters. The number of aromatic nitrogens is 4. The van der Waals surface area contributed by atoms with Crippen LogP contribution in [0.4, 0.5) is 17.1 Å². The van der Waals surface area contributed by atoms with E-state index in [1.54, 1.807) is 48.5 Å². The van der Waals surface area contributed by atoms with Crippen LogP contribution in [0.2, 0.25) is 0 Å². The van der Waals surface area contributed by atoms with Crippen LogP contribution < -0.4 is 0 Å². The molecular formula is C62H34N8. The largest absolute Gasteiger partial charge is 0.309 e. The molecule has 0 aliphatic carbocycles. The zero-order chi connectivity index (χ0) is 47.3. The van der Waals surface area contributed by atoms with Crippen molar-refractivity contribution in [1.82, 2.24) is 19.1 Å².